The molecule has 0 atom stereocenters. The van der Waals surface area contributed by atoms with E-state index in [0.29, 0.717) is 19.6 Å². The second kappa shape index (κ2) is 4.94. The molecule has 2 nitrogen and oxygen atoms in total. The minimum Gasteiger partial charge on any atom is -0.329 e. The van der Waals surface area contributed by atoms with Crippen LogP contribution in [0.1, 0.15) is 12.8 Å². The molecule has 0 aliphatic carbocycles. The van der Waals surface area contributed by atoms with E-state index >= 15 is 0 Å². The first-order chi connectivity index (χ1) is 5.14. The van der Waals surface area contributed by atoms with Gasteiger partial charge in [-0.15, -0.1) is 12.4 Å². The van der Waals surface area contributed by atoms with E-state index in [4.69, 9.17) is 5.73 Å². The van der Waals surface area contributed by atoms with Crippen molar-refractivity contribution in [3.05, 3.63) is 0 Å². The van der Waals surface area contributed by atoms with Gasteiger partial charge in [-0.25, -0.2) is 8.78 Å². The number of nitrogens with zero attached hydrogens (tertiary/aromatic N) is 1. The van der Waals surface area contributed by atoms with E-state index in [1.165, 1.54) is 0 Å². The third-order valence-corrected chi connectivity index (χ3v) is 2.03. The number of likely N-dealkylation sites (tertiary alicyclic amines) is 1. The van der Waals surface area contributed by atoms with E-state index in [1.54, 1.807) is 0 Å². The van der Waals surface area contributed by atoms with Gasteiger partial charge in [0.2, 0.25) is 0 Å². The van der Waals surface area contributed by atoms with Crippen LogP contribution in [0.3, 0.4) is 0 Å². The van der Waals surface area contributed by atoms with Gasteiger partial charge >= 0.3 is 0 Å². The molecule has 0 amide bonds. The van der Waals surface area contributed by atoms with Crippen LogP contribution >= 0.6 is 12.4 Å². The van der Waals surface area contributed by atoms with Crippen LogP contribution in [0.25, 0.3) is 0 Å². The number of hydrogen-bond acceptors (Lipinski definition) is 2. The number of nitrogens with two attached hydrogens (primary N) is 1. The molecule has 1 rings (SSSR count). The zero-order chi connectivity index (χ0) is 8.32. The van der Waals surface area contributed by atoms with E-state index in [9.17, 15) is 8.78 Å². The minimum absolute atomic E-state index is 0. The molecular formula is C7H15ClF2N2. The van der Waals surface area contributed by atoms with Gasteiger partial charge in [-0.3, -0.25) is 0 Å². The molecule has 0 bridgehead atoms. The maximum absolute atomic E-state index is 12.6. The van der Waals surface area contributed by atoms with E-state index in [1.807, 2.05) is 4.90 Å². The summed E-state index contributed by atoms with van der Waals surface area (Å²) >= 11 is 0. The zero-order valence-electron chi connectivity index (χ0n) is 6.93. The zero-order valence-corrected chi connectivity index (χ0v) is 7.75. The van der Waals surface area contributed by atoms with Crippen LogP contribution in [0.2, 0.25) is 0 Å². The average Bonchev–Trinajstić information content (AvgIpc) is 1.94. The lowest BCUT2D eigenvalue weighted by Crippen LogP contribution is -2.41. The van der Waals surface area contributed by atoms with Crippen molar-refractivity contribution in [2.24, 2.45) is 5.73 Å². The summed E-state index contributed by atoms with van der Waals surface area (Å²) in [4.78, 5) is 1.98. The molecule has 0 aromatic heterocycles. The van der Waals surface area contributed by atoms with E-state index in [2.05, 4.69) is 0 Å². The molecule has 0 saturated carbocycles. The van der Waals surface area contributed by atoms with Crippen molar-refractivity contribution in [2.45, 2.75) is 18.8 Å². The summed E-state index contributed by atoms with van der Waals surface area (Å²) in [6.07, 6.45) is -0.0139. The summed E-state index contributed by atoms with van der Waals surface area (Å²) in [6, 6.07) is 0. The predicted molar refractivity (Wildman–Crippen MR) is 46.9 cm³/mol. The molecule has 2 N–H and O–H groups in total. The number of rotatable bonds is 2. The van der Waals surface area contributed by atoms with Crippen molar-refractivity contribution in [1.82, 2.24) is 4.90 Å². The Morgan fingerprint density at radius 1 is 1.25 bits per heavy atom. The second-order valence-electron chi connectivity index (χ2n) is 2.99. The standard InChI is InChI=1S/C7H14F2N2.ClH/c8-7(9)1-4-11(5-2-7)6-3-10;/h1-6,10H2;1H. The van der Waals surface area contributed by atoms with Gasteiger partial charge in [-0.05, 0) is 0 Å². The van der Waals surface area contributed by atoms with Crippen LogP contribution in [0, 0.1) is 0 Å². The Balaban J connectivity index is 0.00000121. The molecule has 1 saturated heterocycles. The highest BCUT2D eigenvalue weighted by atomic mass is 35.5. The van der Waals surface area contributed by atoms with Crippen molar-refractivity contribution in [2.75, 3.05) is 26.2 Å². The fourth-order valence-electron chi connectivity index (χ4n) is 1.29. The van der Waals surface area contributed by atoms with Crippen LogP contribution < -0.4 is 5.73 Å². The molecule has 0 spiro atoms. The Morgan fingerprint density at radius 2 is 1.75 bits per heavy atom. The summed E-state index contributed by atoms with van der Waals surface area (Å²) in [5.41, 5.74) is 5.30. The summed E-state index contributed by atoms with van der Waals surface area (Å²) in [7, 11) is 0. The number of hydrogen-bond donors (Lipinski definition) is 1. The lowest BCUT2D eigenvalue weighted by molar-refractivity contribution is -0.0544. The highest BCUT2D eigenvalue weighted by Crippen LogP contribution is 2.27. The fourth-order valence-corrected chi connectivity index (χ4v) is 1.29. The summed E-state index contributed by atoms with van der Waals surface area (Å²) < 4.78 is 25.1. The van der Waals surface area contributed by atoms with Crippen LogP contribution in [-0.2, 0) is 0 Å². The molecule has 0 aromatic rings. The molecule has 1 heterocycles. The Hall–Kier alpha value is 0.0700. The van der Waals surface area contributed by atoms with Crippen molar-refractivity contribution >= 4 is 12.4 Å². The van der Waals surface area contributed by atoms with Gasteiger partial charge in [0, 0.05) is 39.0 Å². The van der Waals surface area contributed by atoms with Crippen molar-refractivity contribution in [1.29, 1.82) is 0 Å². The molecule has 0 unspecified atom stereocenters. The van der Waals surface area contributed by atoms with Gasteiger partial charge in [0.1, 0.15) is 0 Å². The molecule has 1 fully saturated rings. The van der Waals surface area contributed by atoms with Crippen LogP contribution in [-0.4, -0.2) is 37.0 Å². The van der Waals surface area contributed by atoms with Crippen molar-refractivity contribution in [3.63, 3.8) is 0 Å². The Bertz CT molecular complexity index is 123. The average molecular weight is 201 g/mol. The third-order valence-electron chi connectivity index (χ3n) is 2.03. The molecule has 5 heteroatoms. The number of alkyl halides is 2. The van der Waals surface area contributed by atoms with E-state index in [0.717, 1.165) is 6.54 Å². The number of piperidine rings is 1. The smallest absolute Gasteiger partial charge is 0.250 e. The van der Waals surface area contributed by atoms with Gasteiger partial charge in [0.25, 0.3) is 5.92 Å². The topological polar surface area (TPSA) is 29.3 Å². The van der Waals surface area contributed by atoms with Crippen LogP contribution in [0.15, 0.2) is 0 Å². The lowest BCUT2D eigenvalue weighted by Gasteiger charge is -2.31. The highest BCUT2D eigenvalue weighted by molar-refractivity contribution is 5.85. The summed E-state index contributed by atoms with van der Waals surface area (Å²) in [5.74, 6) is -2.43. The molecule has 0 radical (unpaired) electrons. The van der Waals surface area contributed by atoms with E-state index < -0.39 is 5.92 Å². The largest absolute Gasteiger partial charge is 0.329 e. The second-order valence-corrected chi connectivity index (χ2v) is 2.99. The Kier molecular flexibility index (Phi) is 4.97. The third kappa shape index (κ3) is 3.65. The summed E-state index contributed by atoms with van der Waals surface area (Å²) in [6.45, 7) is 2.29. The quantitative estimate of drug-likeness (QED) is 0.724. The normalized spacial score (nSPS) is 23.2. The molecule has 1 aliphatic heterocycles. The van der Waals surface area contributed by atoms with E-state index in [-0.39, 0.29) is 25.2 Å². The molecule has 74 valence electrons. The Morgan fingerprint density at radius 3 is 2.17 bits per heavy atom. The fraction of sp³-hybridized carbons (Fsp3) is 1.00. The van der Waals surface area contributed by atoms with Gasteiger partial charge in [-0.1, -0.05) is 0 Å². The first-order valence-electron chi connectivity index (χ1n) is 3.94. The van der Waals surface area contributed by atoms with Crippen LogP contribution in [0.4, 0.5) is 8.78 Å². The van der Waals surface area contributed by atoms with Crippen LogP contribution in [0.5, 0.6) is 0 Å². The number of halogens is 3. The molecular weight excluding hydrogens is 186 g/mol. The lowest BCUT2D eigenvalue weighted by atomic mass is 10.1. The molecule has 1 aliphatic rings. The molecule has 0 aromatic carbocycles. The SMILES string of the molecule is Cl.NCCN1CCC(F)(F)CC1. The first kappa shape index (κ1) is 12.1. The van der Waals surface area contributed by atoms with Gasteiger partial charge in [0.15, 0.2) is 0 Å². The Labute approximate surface area is 77.5 Å². The predicted octanol–water partition coefficient (Wildman–Crippen LogP) is 1.10. The summed E-state index contributed by atoms with van der Waals surface area (Å²) in [5, 5.41) is 0. The maximum Gasteiger partial charge on any atom is 0.250 e. The monoisotopic (exact) mass is 200 g/mol. The van der Waals surface area contributed by atoms with Gasteiger partial charge in [-0.2, -0.15) is 0 Å². The van der Waals surface area contributed by atoms with Gasteiger partial charge in [0.05, 0.1) is 0 Å². The highest BCUT2D eigenvalue weighted by Gasteiger charge is 2.33. The maximum atomic E-state index is 12.6. The van der Waals surface area contributed by atoms with Gasteiger partial charge < -0.3 is 10.6 Å². The minimum atomic E-state index is -2.43. The van der Waals surface area contributed by atoms with Crippen molar-refractivity contribution in [3.8, 4) is 0 Å². The first-order valence-corrected chi connectivity index (χ1v) is 3.94. The molecule has 12 heavy (non-hydrogen) atoms. The van der Waals surface area contributed by atoms with Crippen molar-refractivity contribution < 1.29 is 8.78 Å².